The lowest BCUT2D eigenvalue weighted by Crippen LogP contribution is -1.84. The maximum Gasteiger partial charge on any atom is 0.175 e. The lowest BCUT2D eigenvalue weighted by atomic mass is 9.98. The number of hydrogen-bond acceptors (Lipinski definition) is 3. The van der Waals surface area contributed by atoms with Gasteiger partial charge in [-0.2, -0.15) is 0 Å². The van der Waals surface area contributed by atoms with Crippen molar-refractivity contribution in [1.29, 1.82) is 0 Å². The summed E-state index contributed by atoms with van der Waals surface area (Å²) in [6.45, 7) is 0. The first-order valence-corrected chi connectivity index (χ1v) is 8.19. The topological polar surface area (TPSA) is 38.9 Å². The average Bonchev–Trinajstić information content (AvgIpc) is 3.12. The van der Waals surface area contributed by atoms with E-state index in [1.54, 1.807) is 0 Å². The Hall–Kier alpha value is -3.46. The van der Waals surface area contributed by atoms with Crippen LogP contribution in [0.4, 0.5) is 0 Å². The first-order chi connectivity index (χ1) is 12.4. The summed E-state index contributed by atoms with van der Waals surface area (Å²) in [5.74, 6) is 0. The first-order valence-electron chi connectivity index (χ1n) is 8.19. The van der Waals surface area contributed by atoms with Crippen molar-refractivity contribution in [3.05, 3.63) is 85.2 Å². The summed E-state index contributed by atoms with van der Waals surface area (Å²) in [7, 11) is 0. The second-order valence-corrected chi connectivity index (χ2v) is 5.99. The van der Waals surface area contributed by atoms with Gasteiger partial charge >= 0.3 is 0 Å². The molecule has 0 aliphatic heterocycles. The highest BCUT2D eigenvalue weighted by molar-refractivity contribution is 6.05. The Kier molecular flexibility index (Phi) is 3.10. The minimum absolute atomic E-state index is 0.791. The lowest BCUT2D eigenvalue weighted by molar-refractivity contribution is 0.460. The fourth-order valence-electron chi connectivity index (χ4n) is 3.31. The molecule has 0 amide bonds. The molecular formula is C22H14N2O. The van der Waals surface area contributed by atoms with E-state index in [0.29, 0.717) is 0 Å². The van der Waals surface area contributed by atoms with E-state index in [1.165, 1.54) is 0 Å². The minimum Gasteiger partial charge on any atom is -0.355 e. The molecule has 0 aliphatic rings. The van der Waals surface area contributed by atoms with Crippen molar-refractivity contribution < 1.29 is 4.52 Å². The smallest absolute Gasteiger partial charge is 0.175 e. The van der Waals surface area contributed by atoms with Gasteiger partial charge in [-0.25, -0.2) is 0 Å². The summed E-state index contributed by atoms with van der Waals surface area (Å²) in [5.41, 5.74) is 4.77. The third-order valence-electron chi connectivity index (χ3n) is 4.50. The Morgan fingerprint density at radius 2 is 1.44 bits per heavy atom. The van der Waals surface area contributed by atoms with Crippen molar-refractivity contribution in [1.82, 2.24) is 10.1 Å². The summed E-state index contributed by atoms with van der Waals surface area (Å²) in [6.07, 6.45) is 3.77. The molecule has 0 fully saturated rings. The van der Waals surface area contributed by atoms with Crippen LogP contribution in [0, 0.1) is 0 Å². The minimum atomic E-state index is 0.791. The van der Waals surface area contributed by atoms with Crippen molar-refractivity contribution in [2.75, 3.05) is 0 Å². The molecule has 25 heavy (non-hydrogen) atoms. The molecule has 0 radical (unpaired) electrons. The Bertz CT molecular complexity index is 1190. The predicted octanol–water partition coefficient (Wildman–Crippen LogP) is 5.71. The average molecular weight is 322 g/mol. The quantitative estimate of drug-likeness (QED) is 0.418. The van der Waals surface area contributed by atoms with E-state index >= 15 is 0 Å². The van der Waals surface area contributed by atoms with Crippen LogP contribution in [0.1, 0.15) is 0 Å². The van der Waals surface area contributed by atoms with Gasteiger partial charge in [-0.05, 0) is 11.5 Å². The molecule has 3 aromatic carbocycles. The van der Waals surface area contributed by atoms with Gasteiger partial charge in [-0.15, -0.1) is 0 Å². The number of hydrogen-bond donors (Lipinski definition) is 0. The van der Waals surface area contributed by atoms with E-state index in [0.717, 1.165) is 44.1 Å². The van der Waals surface area contributed by atoms with Gasteiger partial charge in [0.05, 0.1) is 5.39 Å². The number of benzene rings is 3. The van der Waals surface area contributed by atoms with Gasteiger partial charge in [-0.3, -0.25) is 4.98 Å². The zero-order valence-electron chi connectivity index (χ0n) is 13.4. The highest BCUT2D eigenvalue weighted by atomic mass is 16.5. The van der Waals surface area contributed by atoms with Crippen molar-refractivity contribution in [2.24, 2.45) is 0 Å². The van der Waals surface area contributed by atoms with Gasteiger partial charge in [0.2, 0.25) is 0 Å². The molecule has 0 spiro atoms. The molecule has 2 heterocycles. The Labute approximate surface area is 144 Å². The first kappa shape index (κ1) is 13.9. The molecule has 0 atom stereocenters. The Morgan fingerprint density at radius 3 is 2.36 bits per heavy atom. The monoisotopic (exact) mass is 322 g/mol. The van der Waals surface area contributed by atoms with E-state index in [-0.39, 0.29) is 0 Å². The molecule has 0 bridgehead atoms. The largest absolute Gasteiger partial charge is 0.355 e. The molecule has 118 valence electrons. The predicted molar refractivity (Wildman–Crippen MR) is 100 cm³/mol. The number of aromatic nitrogens is 2. The zero-order valence-corrected chi connectivity index (χ0v) is 13.4. The molecule has 2 aromatic heterocycles. The Morgan fingerprint density at radius 1 is 0.640 bits per heavy atom. The highest BCUT2D eigenvalue weighted by Gasteiger charge is 2.15. The van der Waals surface area contributed by atoms with Crippen molar-refractivity contribution in [3.63, 3.8) is 0 Å². The van der Waals surface area contributed by atoms with Crippen LogP contribution < -0.4 is 0 Å². The summed E-state index contributed by atoms with van der Waals surface area (Å²) in [6, 6.07) is 24.5. The molecule has 3 heteroatoms. The number of fused-ring (bicyclic) bond motifs is 2. The van der Waals surface area contributed by atoms with E-state index in [9.17, 15) is 0 Å². The molecule has 0 saturated carbocycles. The Balaban J connectivity index is 1.79. The van der Waals surface area contributed by atoms with Gasteiger partial charge in [0.1, 0.15) is 5.69 Å². The van der Waals surface area contributed by atoms with Crippen molar-refractivity contribution in [3.8, 4) is 22.4 Å². The van der Waals surface area contributed by atoms with Crippen molar-refractivity contribution >= 4 is 21.7 Å². The summed E-state index contributed by atoms with van der Waals surface area (Å²) >= 11 is 0. The summed E-state index contributed by atoms with van der Waals surface area (Å²) in [5, 5.41) is 7.61. The highest BCUT2D eigenvalue weighted by Crippen LogP contribution is 2.36. The van der Waals surface area contributed by atoms with Gasteiger partial charge in [0.15, 0.2) is 5.58 Å². The number of para-hydroxylation sites is 1. The van der Waals surface area contributed by atoms with Crippen LogP contribution in [0.5, 0.6) is 0 Å². The molecular weight excluding hydrogens is 308 g/mol. The summed E-state index contributed by atoms with van der Waals surface area (Å²) < 4.78 is 5.76. The fraction of sp³-hybridized carbons (Fsp3) is 0. The molecule has 0 saturated heterocycles. The molecule has 0 N–H and O–H groups in total. The standard InChI is InChI=1S/C22H14N2O/c1-2-7-15(8-3-1)21-19-12-6-11-18(22(19)25-24-21)20-14-23-13-16-9-4-5-10-17(16)20/h1-14H. The lowest BCUT2D eigenvalue weighted by Gasteiger charge is -2.06. The van der Waals surface area contributed by atoms with Crippen LogP contribution in [0.25, 0.3) is 44.1 Å². The maximum absolute atomic E-state index is 5.76. The molecule has 0 unspecified atom stereocenters. The van der Waals surface area contributed by atoms with Crippen LogP contribution in [-0.4, -0.2) is 10.1 Å². The number of rotatable bonds is 2. The zero-order chi connectivity index (χ0) is 16.6. The SMILES string of the molecule is c1ccc(-c2noc3c(-c4cncc5ccccc45)cccc23)cc1. The molecule has 5 aromatic rings. The second-order valence-electron chi connectivity index (χ2n) is 5.99. The molecule has 3 nitrogen and oxygen atoms in total. The number of pyridine rings is 1. The second kappa shape index (κ2) is 5.56. The number of nitrogens with zero attached hydrogens (tertiary/aromatic N) is 2. The van der Waals surface area contributed by atoms with Crippen LogP contribution in [0.2, 0.25) is 0 Å². The molecule has 5 rings (SSSR count). The maximum atomic E-state index is 5.76. The van der Waals surface area contributed by atoms with Crippen molar-refractivity contribution in [2.45, 2.75) is 0 Å². The normalized spacial score (nSPS) is 11.2. The third kappa shape index (κ3) is 2.21. The van der Waals surface area contributed by atoms with E-state index in [4.69, 9.17) is 4.52 Å². The fourth-order valence-corrected chi connectivity index (χ4v) is 3.31. The van der Waals surface area contributed by atoms with E-state index in [1.807, 2.05) is 60.9 Å². The third-order valence-corrected chi connectivity index (χ3v) is 4.50. The van der Waals surface area contributed by atoms with Gasteiger partial charge in [0.25, 0.3) is 0 Å². The van der Waals surface area contributed by atoms with Gasteiger partial charge < -0.3 is 4.52 Å². The van der Waals surface area contributed by atoms with Crippen LogP contribution >= 0.6 is 0 Å². The summed E-state index contributed by atoms with van der Waals surface area (Å²) in [4.78, 5) is 4.40. The molecule has 0 aliphatic carbocycles. The van der Waals surface area contributed by atoms with Gasteiger partial charge in [-0.1, -0.05) is 71.9 Å². The van der Waals surface area contributed by atoms with Gasteiger partial charge in [0, 0.05) is 34.5 Å². The van der Waals surface area contributed by atoms with Crippen LogP contribution in [0.15, 0.2) is 89.7 Å². The van der Waals surface area contributed by atoms with E-state index in [2.05, 4.69) is 34.4 Å². The van der Waals surface area contributed by atoms with Crippen LogP contribution in [-0.2, 0) is 0 Å². The van der Waals surface area contributed by atoms with E-state index < -0.39 is 0 Å². The van der Waals surface area contributed by atoms with Crippen LogP contribution in [0.3, 0.4) is 0 Å².